The van der Waals surface area contributed by atoms with E-state index in [9.17, 15) is 18.5 Å². The van der Waals surface area contributed by atoms with E-state index < -0.39 is 21.7 Å². The smallest absolute Gasteiger partial charge is 0.423 e. The molecular weight excluding hydrogens is 403 g/mol. The summed E-state index contributed by atoms with van der Waals surface area (Å²) < 4.78 is 24.2. The number of carbonyl (C=O) groups excluding carboxylic acids is 1. The number of aryl methyl sites for hydroxylation is 1. The standard InChI is InChI=1S/C21H25BN2O5S/c1-21(2,3)30(28,29)19-12-11-18(13-16(19)14-23)24-20(25)6-4-5-15-7-9-17(10-8-15)22(26)27/h7-13,26-27H,4-6H2,1-3H3,(H,24,25). The molecule has 2 aromatic carbocycles. The van der Waals surface area contributed by atoms with Crippen molar-refractivity contribution in [3.8, 4) is 6.07 Å². The van der Waals surface area contributed by atoms with Gasteiger partial charge in [0.05, 0.1) is 15.2 Å². The predicted octanol–water partition coefficient (Wildman–Crippen LogP) is 1.77. The molecule has 0 saturated carbocycles. The van der Waals surface area contributed by atoms with Gasteiger partial charge in [-0.05, 0) is 62.8 Å². The second kappa shape index (κ2) is 9.43. The van der Waals surface area contributed by atoms with E-state index in [1.807, 2.05) is 6.07 Å². The van der Waals surface area contributed by atoms with Crippen LogP contribution in [0.25, 0.3) is 0 Å². The Balaban J connectivity index is 1.99. The van der Waals surface area contributed by atoms with Crippen molar-refractivity contribution < 1.29 is 23.3 Å². The molecule has 1 amide bonds. The van der Waals surface area contributed by atoms with Gasteiger partial charge in [-0.2, -0.15) is 5.26 Å². The van der Waals surface area contributed by atoms with E-state index in [2.05, 4.69) is 5.32 Å². The van der Waals surface area contributed by atoms with Crippen LogP contribution in [-0.4, -0.2) is 36.2 Å². The van der Waals surface area contributed by atoms with E-state index in [1.165, 1.54) is 18.2 Å². The first-order valence-corrected chi connectivity index (χ1v) is 11.0. The Morgan fingerprint density at radius 3 is 2.30 bits per heavy atom. The van der Waals surface area contributed by atoms with E-state index in [1.54, 1.807) is 45.0 Å². The van der Waals surface area contributed by atoms with Crippen LogP contribution >= 0.6 is 0 Å². The topological polar surface area (TPSA) is 127 Å². The van der Waals surface area contributed by atoms with Gasteiger partial charge in [0.1, 0.15) is 6.07 Å². The summed E-state index contributed by atoms with van der Waals surface area (Å²) in [5.74, 6) is -0.243. The van der Waals surface area contributed by atoms with Crippen LogP contribution in [0.3, 0.4) is 0 Å². The lowest BCUT2D eigenvalue weighted by Gasteiger charge is -2.20. The van der Waals surface area contributed by atoms with E-state index in [0.29, 0.717) is 24.0 Å². The van der Waals surface area contributed by atoms with Crippen LogP contribution in [0, 0.1) is 11.3 Å². The van der Waals surface area contributed by atoms with Gasteiger partial charge in [0.2, 0.25) is 5.91 Å². The predicted molar refractivity (Wildman–Crippen MR) is 116 cm³/mol. The highest BCUT2D eigenvalue weighted by Crippen LogP contribution is 2.29. The number of hydrogen-bond donors (Lipinski definition) is 3. The van der Waals surface area contributed by atoms with Crippen LogP contribution in [0.15, 0.2) is 47.4 Å². The second-order valence-corrected chi connectivity index (χ2v) is 10.6. The first-order chi connectivity index (χ1) is 14.0. The van der Waals surface area contributed by atoms with Crippen molar-refractivity contribution in [2.24, 2.45) is 0 Å². The van der Waals surface area contributed by atoms with Gasteiger partial charge in [-0.25, -0.2) is 8.42 Å². The van der Waals surface area contributed by atoms with E-state index >= 15 is 0 Å². The molecule has 0 atom stereocenters. The summed E-state index contributed by atoms with van der Waals surface area (Å²) in [6, 6.07) is 12.9. The van der Waals surface area contributed by atoms with Crippen molar-refractivity contribution >= 4 is 34.0 Å². The van der Waals surface area contributed by atoms with Crippen molar-refractivity contribution in [3.63, 3.8) is 0 Å². The molecule has 0 bridgehead atoms. The third-order valence-corrected chi connectivity index (χ3v) is 7.17. The Kier molecular flexibility index (Phi) is 7.42. The van der Waals surface area contributed by atoms with Gasteiger partial charge in [0.25, 0.3) is 0 Å². The van der Waals surface area contributed by atoms with Crippen LogP contribution in [0.1, 0.15) is 44.7 Å². The molecule has 158 valence electrons. The summed E-state index contributed by atoms with van der Waals surface area (Å²) in [5.41, 5.74) is 1.73. The fraction of sp³-hybridized carbons (Fsp3) is 0.333. The number of nitrogens with zero attached hydrogens (tertiary/aromatic N) is 1. The SMILES string of the molecule is CC(C)(C)S(=O)(=O)c1ccc(NC(=O)CCCc2ccc(B(O)O)cc2)cc1C#N. The van der Waals surface area contributed by atoms with Gasteiger partial charge < -0.3 is 15.4 Å². The van der Waals surface area contributed by atoms with Crippen LogP contribution in [0.5, 0.6) is 0 Å². The Hall–Kier alpha value is -2.67. The summed E-state index contributed by atoms with van der Waals surface area (Å²) in [7, 11) is -5.19. The van der Waals surface area contributed by atoms with Crippen molar-refractivity contribution in [1.29, 1.82) is 5.26 Å². The molecule has 0 aliphatic rings. The van der Waals surface area contributed by atoms with Crippen LogP contribution in [0.4, 0.5) is 5.69 Å². The van der Waals surface area contributed by atoms with Gasteiger partial charge in [0.15, 0.2) is 9.84 Å². The van der Waals surface area contributed by atoms with Crippen molar-refractivity contribution in [2.75, 3.05) is 5.32 Å². The van der Waals surface area contributed by atoms with E-state index in [0.717, 1.165) is 5.56 Å². The van der Waals surface area contributed by atoms with Crippen molar-refractivity contribution in [1.82, 2.24) is 0 Å². The number of benzene rings is 2. The molecule has 2 aromatic rings. The minimum absolute atomic E-state index is 0.00566. The van der Waals surface area contributed by atoms with Gasteiger partial charge in [-0.15, -0.1) is 0 Å². The van der Waals surface area contributed by atoms with Gasteiger partial charge in [0, 0.05) is 12.1 Å². The maximum atomic E-state index is 12.6. The molecule has 0 fully saturated rings. The maximum absolute atomic E-state index is 12.6. The van der Waals surface area contributed by atoms with E-state index in [4.69, 9.17) is 10.0 Å². The molecule has 0 unspecified atom stereocenters. The summed E-state index contributed by atoms with van der Waals surface area (Å²) in [5, 5.41) is 30.2. The molecule has 0 heterocycles. The third-order valence-electron chi connectivity index (χ3n) is 4.63. The number of hydrogen-bond acceptors (Lipinski definition) is 6. The molecule has 0 spiro atoms. The number of nitrogens with one attached hydrogen (secondary N) is 1. The molecule has 3 N–H and O–H groups in total. The van der Waals surface area contributed by atoms with Gasteiger partial charge >= 0.3 is 7.12 Å². The first kappa shape index (κ1) is 23.6. The lowest BCUT2D eigenvalue weighted by atomic mass is 9.80. The van der Waals surface area contributed by atoms with Crippen LogP contribution in [0.2, 0.25) is 0 Å². The summed E-state index contributed by atoms with van der Waals surface area (Å²) >= 11 is 0. The maximum Gasteiger partial charge on any atom is 0.488 e. The van der Waals surface area contributed by atoms with Crippen molar-refractivity contribution in [3.05, 3.63) is 53.6 Å². The zero-order chi connectivity index (χ0) is 22.5. The highest BCUT2D eigenvalue weighted by molar-refractivity contribution is 7.92. The molecule has 2 rings (SSSR count). The Labute approximate surface area is 177 Å². The molecule has 30 heavy (non-hydrogen) atoms. The average Bonchev–Trinajstić information content (AvgIpc) is 2.67. The number of rotatable bonds is 7. The number of amides is 1. The highest BCUT2D eigenvalue weighted by Gasteiger charge is 2.33. The molecule has 0 radical (unpaired) electrons. The normalized spacial score (nSPS) is 11.6. The number of sulfone groups is 1. The minimum atomic E-state index is -3.68. The lowest BCUT2D eigenvalue weighted by Crippen LogP contribution is -2.29. The minimum Gasteiger partial charge on any atom is -0.423 e. The number of carbonyl (C=O) groups is 1. The molecule has 0 aromatic heterocycles. The Morgan fingerprint density at radius 2 is 1.77 bits per heavy atom. The van der Waals surface area contributed by atoms with E-state index in [-0.39, 0.29) is 22.8 Å². The van der Waals surface area contributed by atoms with Crippen LogP contribution < -0.4 is 10.8 Å². The number of nitriles is 1. The van der Waals surface area contributed by atoms with Crippen molar-refractivity contribution in [2.45, 2.75) is 49.7 Å². The molecule has 0 aliphatic heterocycles. The number of anilines is 1. The Bertz CT molecular complexity index is 1050. The quantitative estimate of drug-likeness (QED) is 0.577. The highest BCUT2D eigenvalue weighted by atomic mass is 32.2. The third kappa shape index (κ3) is 5.69. The molecular formula is C21H25BN2O5S. The lowest BCUT2D eigenvalue weighted by molar-refractivity contribution is -0.116. The largest absolute Gasteiger partial charge is 0.488 e. The summed E-state index contributed by atoms with van der Waals surface area (Å²) in [6.45, 7) is 4.70. The van der Waals surface area contributed by atoms with Gasteiger partial charge in [-0.1, -0.05) is 24.3 Å². The zero-order valence-electron chi connectivity index (χ0n) is 17.2. The fourth-order valence-corrected chi connectivity index (χ4v) is 4.09. The monoisotopic (exact) mass is 428 g/mol. The average molecular weight is 428 g/mol. The van der Waals surface area contributed by atoms with Crippen LogP contribution in [-0.2, 0) is 21.1 Å². The second-order valence-electron chi connectivity index (χ2n) is 7.96. The summed E-state index contributed by atoms with van der Waals surface area (Å²) in [6.07, 6.45) is 1.46. The molecule has 0 saturated heterocycles. The van der Waals surface area contributed by atoms with Gasteiger partial charge in [-0.3, -0.25) is 4.79 Å². The molecule has 9 heteroatoms. The summed E-state index contributed by atoms with van der Waals surface area (Å²) in [4.78, 5) is 12.2. The molecule has 7 nitrogen and oxygen atoms in total. The first-order valence-electron chi connectivity index (χ1n) is 9.49. The fourth-order valence-electron chi connectivity index (χ4n) is 2.79. The Morgan fingerprint density at radius 1 is 1.13 bits per heavy atom. The molecule has 0 aliphatic carbocycles. The zero-order valence-corrected chi connectivity index (χ0v) is 18.0.